The molecule has 6 heteroatoms. The molecule has 0 saturated carbocycles. The third-order valence-corrected chi connectivity index (χ3v) is 1.93. The summed E-state index contributed by atoms with van der Waals surface area (Å²) in [6, 6.07) is 0. The van der Waals surface area contributed by atoms with Crippen molar-refractivity contribution >= 4 is 11.9 Å². The summed E-state index contributed by atoms with van der Waals surface area (Å²) in [4.78, 5) is 31.4. The van der Waals surface area contributed by atoms with Gasteiger partial charge in [-0.1, -0.05) is 26.7 Å². The van der Waals surface area contributed by atoms with Gasteiger partial charge in [-0.05, 0) is 12.8 Å². The number of carbonyl (C=O) groups excluding carboxylic acids is 2. The molecule has 0 amide bonds. The van der Waals surface area contributed by atoms with E-state index in [0.717, 1.165) is 25.7 Å². The van der Waals surface area contributed by atoms with Crippen molar-refractivity contribution in [1.29, 1.82) is 0 Å². The Kier molecular flexibility index (Phi) is 10.6. The molecule has 0 aliphatic rings. The van der Waals surface area contributed by atoms with E-state index in [-0.39, 0.29) is 0 Å². The largest absolute Gasteiger partial charge is 0.370 e. The Morgan fingerprint density at radius 3 is 1.65 bits per heavy atom. The molecule has 0 aliphatic heterocycles. The quantitative estimate of drug-likeness (QED) is 0.341. The fourth-order valence-electron chi connectivity index (χ4n) is 0.951. The molecule has 0 aromatic carbocycles. The second-order valence-electron chi connectivity index (χ2n) is 3.62. The van der Waals surface area contributed by atoms with Gasteiger partial charge in [0.05, 0.1) is 0 Å². The lowest BCUT2D eigenvalue weighted by Crippen LogP contribution is -2.26. The molecule has 0 aliphatic carbocycles. The van der Waals surface area contributed by atoms with Gasteiger partial charge in [0.25, 0.3) is 0 Å². The van der Waals surface area contributed by atoms with Crippen LogP contribution in [0, 0.1) is 0 Å². The molecular formula is C11H22N2O4. The first kappa shape index (κ1) is 15.9. The lowest BCUT2D eigenvalue weighted by Gasteiger charge is -2.06. The summed E-state index contributed by atoms with van der Waals surface area (Å²) in [5, 5.41) is 0. The Hall–Kier alpha value is -1.14. The lowest BCUT2D eigenvalue weighted by molar-refractivity contribution is -0.162. The number of hydroxylamine groups is 2. The third-order valence-electron chi connectivity index (χ3n) is 1.93. The molecule has 0 radical (unpaired) electrons. The summed E-state index contributed by atoms with van der Waals surface area (Å²) in [5.41, 5.74) is 4.98. The topological polar surface area (TPSA) is 76.7 Å². The molecule has 0 aromatic heterocycles. The zero-order valence-electron chi connectivity index (χ0n) is 10.6. The summed E-state index contributed by atoms with van der Waals surface area (Å²) in [6.45, 7) is 5.24. The Balaban J connectivity index is 3.42. The van der Waals surface area contributed by atoms with Gasteiger partial charge in [0.1, 0.15) is 6.42 Å². The normalized spacial score (nSPS) is 10.0. The average molecular weight is 246 g/mol. The van der Waals surface area contributed by atoms with Crippen LogP contribution in [0.25, 0.3) is 0 Å². The Bertz CT molecular complexity index is 200. The van der Waals surface area contributed by atoms with Crippen molar-refractivity contribution in [2.75, 3.05) is 13.1 Å². The van der Waals surface area contributed by atoms with Gasteiger partial charge < -0.3 is 9.68 Å². The molecule has 100 valence electrons. The Morgan fingerprint density at radius 2 is 1.29 bits per heavy atom. The summed E-state index contributed by atoms with van der Waals surface area (Å²) in [6.07, 6.45) is 3.45. The highest BCUT2D eigenvalue weighted by atomic mass is 16.7. The maximum atomic E-state index is 11.1. The maximum Gasteiger partial charge on any atom is 0.335 e. The molecule has 0 aromatic rings. The second kappa shape index (κ2) is 11.3. The zero-order chi connectivity index (χ0) is 12.9. The molecule has 0 heterocycles. The SMILES string of the molecule is CCCCNOC(=O)CC(=O)ONCCCC. The van der Waals surface area contributed by atoms with E-state index in [2.05, 4.69) is 20.6 Å². The van der Waals surface area contributed by atoms with E-state index < -0.39 is 18.4 Å². The van der Waals surface area contributed by atoms with Gasteiger partial charge in [-0.15, -0.1) is 0 Å². The molecular weight excluding hydrogens is 224 g/mol. The minimum absolute atomic E-state index is 0.391. The van der Waals surface area contributed by atoms with E-state index in [1.165, 1.54) is 0 Å². The summed E-state index contributed by atoms with van der Waals surface area (Å²) >= 11 is 0. The summed E-state index contributed by atoms with van der Waals surface area (Å²) in [5.74, 6) is -1.27. The van der Waals surface area contributed by atoms with Crippen LogP contribution in [0.15, 0.2) is 0 Å². The van der Waals surface area contributed by atoms with Gasteiger partial charge in [0.15, 0.2) is 0 Å². The molecule has 0 spiro atoms. The van der Waals surface area contributed by atoms with Crippen molar-refractivity contribution in [2.24, 2.45) is 0 Å². The van der Waals surface area contributed by atoms with Gasteiger partial charge in [0.2, 0.25) is 0 Å². The van der Waals surface area contributed by atoms with Crippen LogP contribution in [0.4, 0.5) is 0 Å². The third kappa shape index (κ3) is 11.1. The van der Waals surface area contributed by atoms with E-state index in [0.29, 0.717) is 13.1 Å². The highest BCUT2D eigenvalue weighted by molar-refractivity contribution is 5.90. The van der Waals surface area contributed by atoms with Crippen molar-refractivity contribution in [3.8, 4) is 0 Å². The van der Waals surface area contributed by atoms with Crippen molar-refractivity contribution in [3.05, 3.63) is 0 Å². The molecule has 0 saturated heterocycles. The molecule has 0 atom stereocenters. The van der Waals surface area contributed by atoms with Gasteiger partial charge in [0, 0.05) is 13.1 Å². The molecule has 6 nitrogen and oxygen atoms in total. The minimum Gasteiger partial charge on any atom is -0.370 e. The number of unbranched alkanes of at least 4 members (excludes halogenated alkanes) is 2. The van der Waals surface area contributed by atoms with Crippen LogP contribution in [0.5, 0.6) is 0 Å². The van der Waals surface area contributed by atoms with Crippen LogP contribution in [0.2, 0.25) is 0 Å². The monoisotopic (exact) mass is 246 g/mol. The first-order valence-electron chi connectivity index (χ1n) is 6.05. The highest BCUT2D eigenvalue weighted by Crippen LogP contribution is 1.90. The smallest absolute Gasteiger partial charge is 0.335 e. The van der Waals surface area contributed by atoms with Crippen molar-refractivity contribution in [1.82, 2.24) is 11.0 Å². The average Bonchev–Trinajstić information content (AvgIpc) is 2.30. The number of rotatable bonds is 10. The van der Waals surface area contributed by atoms with Crippen LogP contribution in [0.1, 0.15) is 46.0 Å². The van der Waals surface area contributed by atoms with Crippen LogP contribution in [-0.2, 0) is 19.3 Å². The molecule has 0 bridgehead atoms. The van der Waals surface area contributed by atoms with E-state index in [4.69, 9.17) is 0 Å². The van der Waals surface area contributed by atoms with E-state index in [9.17, 15) is 9.59 Å². The standard InChI is InChI=1S/C11H22N2O4/c1-3-5-7-12-16-10(14)9-11(15)17-13-8-6-4-2/h12-13H,3-9H2,1-2H3. The number of hydrogen-bond donors (Lipinski definition) is 2. The fraction of sp³-hybridized carbons (Fsp3) is 0.818. The lowest BCUT2D eigenvalue weighted by atomic mass is 10.3. The predicted molar refractivity (Wildman–Crippen MR) is 62.6 cm³/mol. The van der Waals surface area contributed by atoms with Gasteiger partial charge in [-0.25, -0.2) is 9.59 Å². The summed E-state index contributed by atoms with van der Waals surface area (Å²) in [7, 11) is 0. The van der Waals surface area contributed by atoms with Crippen molar-refractivity contribution in [2.45, 2.75) is 46.0 Å². The van der Waals surface area contributed by atoms with Crippen LogP contribution < -0.4 is 11.0 Å². The Morgan fingerprint density at radius 1 is 0.882 bits per heavy atom. The predicted octanol–water partition coefficient (Wildman–Crippen LogP) is 1.07. The fourth-order valence-corrected chi connectivity index (χ4v) is 0.951. The second-order valence-corrected chi connectivity index (χ2v) is 3.62. The first-order valence-corrected chi connectivity index (χ1v) is 6.05. The molecule has 0 fully saturated rings. The van der Waals surface area contributed by atoms with Crippen LogP contribution in [-0.4, -0.2) is 25.0 Å². The van der Waals surface area contributed by atoms with Crippen molar-refractivity contribution in [3.63, 3.8) is 0 Å². The minimum atomic E-state index is -0.636. The van der Waals surface area contributed by atoms with Gasteiger partial charge in [-0.2, -0.15) is 11.0 Å². The van der Waals surface area contributed by atoms with Crippen LogP contribution >= 0.6 is 0 Å². The van der Waals surface area contributed by atoms with Gasteiger partial charge in [-0.3, -0.25) is 0 Å². The van der Waals surface area contributed by atoms with E-state index >= 15 is 0 Å². The highest BCUT2D eigenvalue weighted by Gasteiger charge is 2.12. The molecule has 0 rings (SSSR count). The number of nitrogens with one attached hydrogen (secondary N) is 2. The maximum absolute atomic E-state index is 11.1. The van der Waals surface area contributed by atoms with Crippen LogP contribution in [0.3, 0.4) is 0 Å². The molecule has 0 unspecified atom stereocenters. The van der Waals surface area contributed by atoms with Crippen molar-refractivity contribution < 1.29 is 19.3 Å². The van der Waals surface area contributed by atoms with E-state index in [1.54, 1.807) is 0 Å². The van der Waals surface area contributed by atoms with E-state index in [1.807, 2.05) is 13.8 Å². The van der Waals surface area contributed by atoms with Gasteiger partial charge >= 0.3 is 11.9 Å². The number of hydrogen-bond acceptors (Lipinski definition) is 6. The zero-order valence-corrected chi connectivity index (χ0v) is 10.6. The summed E-state index contributed by atoms with van der Waals surface area (Å²) < 4.78 is 0. The molecule has 17 heavy (non-hydrogen) atoms. The number of carbonyl (C=O) groups is 2. The molecule has 2 N–H and O–H groups in total. The first-order chi connectivity index (χ1) is 8.20. The Labute approximate surface area is 102 Å².